The number of aliphatic hydroxyl groups excluding tert-OH is 1. The van der Waals surface area contributed by atoms with Crippen LogP contribution in [0.2, 0.25) is 0 Å². The van der Waals surface area contributed by atoms with E-state index in [1.54, 1.807) is 0 Å². The Balaban J connectivity index is 2.51. The SMILES string of the molecule is C#CCN1CC[C@H](O)C1=O. The normalized spacial score (nSPS) is 25.0. The molecule has 3 nitrogen and oxygen atoms in total. The molecule has 3 heteroatoms. The van der Waals surface area contributed by atoms with Gasteiger partial charge in [-0.05, 0) is 6.42 Å². The fraction of sp³-hybridized carbons (Fsp3) is 0.571. The van der Waals surface area contributed by atoms with E-state index in [1.807, 2.05) is 0 Å². The molecule has 1 fully saturated rings. The molecule has 0 bridgehead atoms. The summed E-state index contributed by atoms with van der Waals surface area (Å²) >= 11 is 0. The van der Waals surface area contributed by atoms with E-state index in [0.717, 1.165) is 0 Å². The van der Waals surface area contributed by atoms with Crippen molar-refractivity contribution in [3.05, 3.63) is 0 Å². The maximum absolute atomic E-state index is 10.9. The van der Waals surface area contributed by atoms with E-state index >= 15 is 0 Å². The number of likely N-dealkylation sites (tertiary alicyclic amines) is 1. The van der Waals surface area contributed by atoms with Crippen LogP contribution in [0.25, 0.3) is 0 Å². The maximum Gasteiger partial charge on any atom is 0.252 e. The van der Waals surface area contributed by atoms with Gasteiger partial charge in [-0.2, -0.15) is 0 Å². The van der Waals surface area contributed by atoms with Crippen LogP contribution in [-0.2, 0) is 4.79 Å². The fourth-order valence-electron chi connectivity index (χ4n) is 0.990. The summed E-state index contributed by atoms with van der Waals surface area (Å²) in [6.45, 7) is 0.903. The molecule has 0 aromatic heterocycles. The number of carbonyl (C=O) groups is 1. The lowest BCUT2D eigenvalue weighted by atomic mass is 10.3. The zero-order valence-corrected chi connectivity index (χ0v) is 5.58. The predicted octanol–water partition coefficient (Wildman–Crippen LogP) is -0.787. The van der Waals surface area contributed by atoms with Crippen molar-refractivity contribution >= 4 is 5.91 Å². The van der Waals surface area contributed by atoms with Gasteiger partial charge in [-0.3, -0.25) is 4.79 Å². The summed E-state index contributed by atoms with van der Waals surface area (Å²) in [6.07, 6.45) is 4.69. The van der Waals surface area contributed by atoms with Crippen molar-refractivity contribution in [1.82, 2.24) is 4.90 Å². The van der Waals surface area contributed by atoms with Gasteiger partial charge in [0.15, 0.2) is 0 Å². The Kier molecular flexibility index (Phi) is 1.93. The van der Waals surface area contributed by atoms with E-state index in [2.05, 4.69) is 5.92 Å². The average molecular weight is 139 g/mol. The van der Waals surface area contributed by atoms with E-state index in [-0.39, 0.29) is 5.91 Å². The minimum Gasteiger partial charge on any atom is -0.383 e. The van der Waals surface area contributed by atoms with Crippen molar-refractivity contribution < 1.29 is 9.90 Å². The second-order valence-corrected chi connectivity index (χ2v) is 2.27. The lowest BCUT2D eigenvalue weighted by Crippen LogP contribution is -2.29. The molecule has 1 aliphatic rings. The minimum absolute atomic E-state index is 0.238. The van der Waals surface area contributed by atoms with E-state index < -0.39 is 6.10 Å². The molecule has 1 amide bonds. The number of nitrogens with zero attached hydrogens (tertiary/aromatic N) is 1. The average Bonchev–Trinajstić information content (AvgIpc) is 2.20. The quantitative estimate of drug-likeness (QED) is 0.484. The summed E-state index contributed by atoms with van der Waals surface area (Å²) < 4.78 is 0. The van der Waals surface area contributed by atoms with E-state index in [4.69, 9.17) is 11.5 Å². The summed E-state index contributed by atoms with van der Waals surface area (Å²) in [4.78, 5) is 12.4. The summed E-state index contributed by atoms with van der Waals surface area (Å²) in [5.74, 6) is 2.12. The number of hydrogen-bond acceptors (Lipinski definition) is 2. The minimum atomic E-state index is -0.812. The lowest BCUT2D eigenvalue weighted by molar-refractivity contribution is -0.133. The van der Waals surface area contributed by atoms with Crippen molar-refractivity contribution in [1.29, 1.82) is 0 Å². The Morgan fingerprint density at radius 3 is 3.00 bits per heavy atom. The Bertz CT molecular complexity index is 183. The monoisotopic (exact) mass is 139 g/mol. The molecule has 0 aromatic carbocycles. The molecule has 1 aliphatic heterocycles. The first kappa shape index (κ1) is 7.10. The summed E-state index contributed by atoms with van der Waals surface area (Å²) in [5.41, 5.74) is 0. The van der Waals surface area contributed by atoms with Crippen LogP contribution in [0.5, 0.6) is 0 Å². The first-order chi connectivity index (χ1) is 4.75. The molecule has 0 aliphatic carbocycles. The smallest absolute Gasteiger partial charge is 0.252 e. The van der Waals surface area contributed by atoms with Crippen LogP contribution < -0.4 is 0 Å². The third-order valence-electron chi connectivity index (χ3n) is 1.55. The molecule has 0 unspecified atom stereocenters. The summed E-state index contributed by atoms with van der Waals surface area (Å²) in [6, 6.07) is 0. The topological polar surface area (TPSA) is 40.5 Å². The first-order valence-corrected chi connectivity index (χ1v) is 3.16. The van der Waals surface area contributed by atoms with Gasteiger partial charge in [-0.1, -0.05) is 5.92 Å². The largest absolute Gasteiger partial charge is 0.383 e. The molecule has 0 aromatic rings. The maximum atomic E-state index is 10.9. The molecule has 1 rings (SSSR count). The number of terminal acetylenes is 1. The summed E-state index contributed by atoms with van der Waals surface area (Å²) in [7, 11) is 0. The van der Waals surface area contributed by atoms with Crippen LogP contribution in [0.1, 0.15) is 6.42 Å². The molecule has 1 N–H and O–H groups in total. The van der Waals surface area contributed by atoms with Crippen LogP contribution >= 0.6 is 0 Å². The Morgan fingerprint density at radius 1 is 1.90 bits per heavy atom. The number of hydrogen-bond donors (Lipinski definition) is 1. The van der Waals surface area contributed by atoms with Crippen molar-refractivity contribution in [3.8, 4) is 12.3 Å². The van der Waals surface area contributed by atoms with Crippen molar-refractivity contribution in [2.24, 2.45) is 0 Å². The molecule has 0 spiro atoms. The summed E-state index contributed by atoms with van der Waals surface area (Å²) in [5, 5.41) is 8.93. The van der Waals surface area contributed by atoms with Crippen LogP contribution in [0.4, 0.5) is 0 Å². The molecule has 1 atom stereocenters. The van der Waals surface area contributed by atoms with Crippen LogP contribution in [0.15, 0.2) is 0 Å². The van der Waals surface area contributed by atoms with E-state index in [9.17, 15) is 4.79 Å². The standard InChI is InChI=1S/C7H9NO2/c1-2-4-8-5-3-6(9)7(8)10/h1,6,9H,3-5H2/t6-/m0/s1. The van der Waals surface area contributed by atoms with Crippen molar-refractivity contribution in [2.45, 2.75) is 12.5 Å². The Labute approximate surface area is 59.6 Å². The zero-order valence-electron chi connectivity index (χ0n) is 5.58. The van der Waals surface area contributed by atoms with Gasteiger partial charge in [0.2, 0.25) is 0 Å². The highest BCUT2D eigenvalue weighted by Crippen LogP contribution is 2.08. The predicted molar refractivity (Wildman–Crippen MR) is 36.0 cm³/mol. The van der Waals surface area contributed by atoms with Crippen LogP contribution in [-0.4, -0.2) is 35.1 Å². The van der Waals surface area contributed by atoms with Crippen molar-refractivity contribution in [3.63, 3.8) is 0 Å². The van der Waals surface area contributed by atoms with Gasteiger partial charge in [0, 0.05) is 6.54 Å². The molecular formula is C7H9NO2. The fourth-order valence-corrected chi connectivity index (χ4v) is 0.990. The van der Waals surface area contributed by atoms with Gasteiger partial charge in [0.1, 0.15) is 6.10 Å². The Morgan fingerprint density at radius 2 is 2.60 bits per heavy atom. The number of carbonyl (C=O) groups excluding carboxylic acids is 1. The lowest BCUT2D eigenvalue weighted by Gasteiger charge is -2.10. The van der Waals surface area contributed by atoms with E-state index in [1.165, 1.54) is 4.90 Å². The van der Waals surface area contributed by atoms with Crippen molar-refractivity contribution in [2.75, 3.05) is 13.1 Å². The molecule has 54 valence electrons. The molecule has 10 heavy (non-hydrogen) atoms. The van der Waals surface area contributed by atoms with Crippen LogP contribution in [0, 0.1) is 12.3 Å². The van der Waals surface area contributed by atoms with E-state index in [0.29, 0.717) is 19.5 Å². The highest BCUT2D eigenvalue weighted by Gasteiger charge is 2.28. The molecular weight excluding hydrogens is 130 g/mol. The Hall–Kier alpha value is -1.01. The van der Waals surface area contributed by atoms with Gasteiger partial charge in [-0.15, -0.1) is 6.42 Å². The molecule has 1 saturated heterocycles. The molecule has 1 heterocycles. The van der Waals surface area contributed by atoms with Gasteiger partial charge in [0.05, 0.1) is 6.54 Å². The second kappa shape index (κ2) is 2.72. The number of amides is 1. The molecule has 0 radical (unpaired) electrons. The number of rotatable bonds is 1. The third-order valence-corrected chi connectivity index (χ3v) is 1.55. The molecule has 0 saturated carbocycles. The first-order valence-electron chi connectivity index (χ1n) is 3.16. The van der Waals surface area contributed by atoms with Gasteiger partial charge >= 0.3 is 0 Å². The van der Waals surface area contributed by atoms with Gasteiger partial charge < -0.3 is 10.0 Å². The highest BCUT2D eigenvalue weighted by atomic mass is 16.3. The zero-order chi connectivity index (χ0) is 7.56. The van der Waals surface area contributed by atoms with Gasteiger partial charge in [-0.25, -0.2) is 0 Å². The van der Waals surface area contributed by atoms with Gasteiger partial charge in [0.25, 0.3) is 5.91 Å². The third kappa shape index (κ3) is 1.12. The van der Waals surface area contributed by atoms with Crippen LogP contribution in [0.3, 0.4) is 0 Å². The number of aliphatic hydroxyl groups is 1. The highest BCUT2D eigenvalue weighted by molar-refractivity contribution is 5.82. The second-order valence-electron chi connectivity index (χ2n) is 2.27.